The van der Waals surface area contributed by atoms with Crippen LogP contribution in [0.1, 0.15) is 38.9 Å². The normalized spacial score (nSPS) is 26.2. The molecular formula is C18H17F11O2. The van der Waals surface area contributed by atoms with Crippen LogP contribution in [0.3, 0.4) is 0 Å². The summed E-state index contributed by atoms with van der Waals surface area (Å²) in [6.07, 6.45) is -5.53. The Morgan fingerprint density at radius 1 is 0.774 bits per heavy atom. The van der Waals surface area contributed by atoms with Crippen LogP contribution in [0.25, 0.3) is 0 Å². The van der Waals surface area contributed by atoms with Crippen LogP contribution in [0.2, 0.25) is 0 Å². The highest BCUT2D eigenvalue weighted by molar-refractivity contribution is 5.32. The minimum atomic E-state index is -7.28. The Labute approximate surface area is 169 Å². The number of halogens is 11. The topological polar surface area (TPSA) is 29.5 Å². The van der Waals surface area contributed by atoms with Crippen LogP contribution >= 0.6 is 0 Å². The molecule has 0 bridgehead atoms. The van der Waals surface area contributed by atoms with Gasteiger partial charge < -0.3 is 9.84 Å². The molecule has 0 aliphatic heterocycles. The molecule has 0 spiro atoms. The zero-order valence-electron chi connectivity index (χ0n) is 16.1. The van der Waals surface area contributed by atoms with Crippen molar-refractivity contribution in [2.45, 2.75) is 74.2 Å². The molecule has 2 nitrogen and oxygen atoms in total. The van der Waals surface area contributed by atoms with Gasteiger partial charge in [-0.2, -0.15) is 43.9 Å². The maximum atomic E-state index is 14.8. The van der Waals surface area contributed by atoms with Gasteiger partial charge in [-0.25, -0.2) is 4.39 Å². The molecule has 1 aromatic carbocycles. The van der Waals surface area contributed by atoms with Gasteiger partial charge in [0.05, 0.1) is 6.10 Å². The van der Waals surface area contributed by atoms with Crippen LogP contribution < -0.4 is 4.74 Å². The second-order valence-corrected chi connectivity index (χ2v) is 8.18. The van der Waals surface area contributed by atoms with Gasteiger partial charge >= 0.3 is 29.6 Å². The quantitative estimate of drug-likeness (QED) is 0.528. The number of aliphatic hydroxyl groups is 1. The van der Waals surface area contributed by atoms with Gasteiger partial charge in [0.15, 0.2) is 0 Å². The van der Waals surface area contributed by atoms with Crippen molar-refractivity contribution in [2.24, 2.45) is 0 Å². The summed E-state index contributed by atoms with van der Waals surface area (Å²) in [6, 6.07) is 4.02. The smallest absolute Gasteiger partial charge is 0.384 e. The molecule has 1 aliphatic rings. The summed E-state index contributed by atoms with van der Waals surface area (Å²) >= 11 is 0. The van der Waals surface area contributed by atoms with E-state index in [4.69, 9.17) is 4.74 Å². The minimum Gasteiger partial charge on any atom is -0.488 e. The molecule has 1 unspecified atom stereocenters. The van der Waals surface area contributed by atoms with E-state index in [1.807, 2.05) is 0 Å². The lowest BCUT2D eigenvalue weighted by Gasteiger charge is -2.52. The van der Waals surface area contributed by atoms with E-state index in [0.717, 1.165) is 18.2 Å². The Kier molecular flexibility index (Phi) is 5.63. The fraction of sp³-hybridized carbons (Fsp3) is 0.667. The van der Waals surface area contributed by atoms with Crippen LogP contribution in [0.4, 0.5) is 48.3 Å². The first kappa shape index (κ1) is 25.5. The highest BCUT2D eigenvalue weighted by atomic mass is 19.4. The molecule has 1 aromatic rings. The van der Waals surface area contributed by atoms with Crippen molar-refractivity contribution in [1.29, 1.82) is 0 Å². The largest absolute Gasteiger partial charge is 0.488 e. The number of ether oxygens (including phenoxy) is 1. The zero-order chi connectivity index (χ0) is 24.5. The summed E-state index contributed by atoms with van der Waals surface area (Å²) < 4.78 is 157. The molecule has 1 aliphatic carbocycles. The van der Waals surface area contributed by atoms with Gasteiger partial charge in [-0.3, -0.25) is 0 Å². The van der Waals surface area contributed by atoms with E-state index < -0.39 is 59.0 Å². The Balaban J connectivity index is 2.55. The molecule has 178 valence electrons. The lowest BCUT2D eigenvalue weighted by Crippen LogP contribution is -2.83. The molecule has 0 radical (unpaired) electrons. The molecule has 1 atom stereocenters. The highest BCUT2D eigenvalue weighted by Crippen LogP contribution is 2.70. The second-order valence-electron chi connectivity index (χ2n) is 8.18. The number of aliphatic hydroxyl groups excluding tert-OH is 1. The SMILES string of the molecule is CC(C)(C)Oc1cccc(C(O)CC2(F)C(F)(F)C(F)(F)C(F)(F)C(F)(F)C2(F)F)c1. The first-order chi connectivity index (χ1) is 13.6. The van der Waals surface area contributed by atoms with Gasteiger partial charge in [0.1, 0.15) is 11.4 Å². The van der Waals surface area contributed by atoms with Crippen molar-refractivity contribution < 1.29 is 58.1 Å². The van der Waals surface area contributed by atoms with Crippen LogP contribution in [0.5, 0.6) is 5.75 Å². The lowest BCUT2D eigenvalue weighted by atomic mass is 9.69. The number of rotatable bonds is 4. The molecule has 1 saturated carbocycles. The fourth-order valence-corrected chi connectivity index (χ4v) is 3.07. The van der Waals surface area contributed by atoms with Crippen molar-refractivity contribution in [3.8, 4) is 5.75 Å². The van der Waals surface area contributed by atoms with Crippen LogP contribution in [0, 0.1) is 0 Å². The number of alkyl halides is 11. The van der Waals surface area contributed by atoms with Gasteiger partial charge in [-0.15, -0.1) is 0 Å². The zero-order valence-corrected chi connectivity index (χ0v) is 16.1. The molecule has 2 rings (SSSR count). The van der Waals surface area contributed by atoms with Crippen LogP contribution in [-0.4, -0.2) is 46.0 Å². The first-order valence-corrected chi connectivity index (χ1v) is 8.62. The summed E-state index contributed by atoms with van der Waals surface area (Å²) in [5.41, 5.74) is -7.74. The third kappa shape index (κ3) is 3.34. The predicted molar refractivity (Wildman–Crippen MR) is 85.0 cm³/mol. The number of hydrogen-bond acceptors (Lipinski definition) is 2. The first-order valence-electron chi connectivity index (χ1n) is 8.62. The van der Waals surface area contributed by atoms with E-state index in [-0.39, 0.29) is 5.75 Å². The third-order valence-corrected chi connectivity index (χ3v) is 4.71. The molecule has 1 fully saturated rings. The molecule has 13 heteroatoms. The summed E-state index contributed by atoms with van der Waals surface area (Å²) in [6.45, 7) is 4.67. The van der Waals surface area contributed by atoms with E-state index >= 15 is 0 Å². The standard InChI is InChI=1S/C18H17F11O2/c1-12(2,3)31-10-6-4-5-9(7-10)11(30)8-13(19)14(20,21)16(24,25)18(28,29)17(26,27)15(13,22)23/h4-7,11,30H,8H2,1-3H3. The number of benzene rings is 1. The second kappa shape index (κ2) is 6.85. The van der Waals surface area contributed by atoms with Crippen molar-refractivity contribution in [2.75, 3.05) is 0 Å². The van der Waals surface area contributed by atoms with Crippen molar-refractivity contribution >= 4 is 0 Å². The van der Waals surface area contributed by atoms with E-state index in [1.165, 1.54) is 6.07 Å². The molecular weight excluding hydrogens is 457 g/mol. The van der Waals surface area contributed by atoms with Gasteiger partial charge in [0.2, 0.25) is 0 Å². The molecule has 0 aromatic heterocycles. The van der Waals surface area contributed by atoms with E-state index in [0.29, 0.717) is 0 Å². The summed E-state index contributed by atoms with van der Waals surface area (Å²) in [5.74, 6) is -35.7. The Morgan fingerprint density at radius 3 is 1.61 bits per heavy atom. The van der Waals surface area contributed by atoms with Gasteiger partial charge in [0, 0.05) is 6.42 Å². The Hall–Kier alpha value is -1.79. The highest BCUT2D eigenvalue weighted by Gasteiger charge is 3.00. The monoisotopic (exact) mass is 474 g/mol. The van der Waals surface area contributed by atoms with Crippen LogP contribution in [0.15, 0.2) is 24.3 Å². The molecule has 1 N–H and O–H groups in total. The summed E-state index contributed by atoms with van der Waals surface area (Å²) in [7, 11) is 0. The minimum absolute atomic E-state index is 0.0960. The molecule has 0 amide bonds. The Bertz CT molecular complexity index is 800. The van der Waals surface area contributed by atoms with Crippen molar-refractivity contribution in [3.63, 3.8) is 0 Å². The maximum Gasteiger partial charge on any atom is 0.384 e. The summed E-state index contributed by atoms with van der Waals surface area (Å²) in [4.78, 5) is 0. The third-order valence-electron chi connectivity index (χ3n) is 4.71. The number of hydrogen-bond donors (Lipinski definition) is 1. The molecule has 31 heavy (non-hydrogen) atoms. The van der Waals surface area contributed by atoms with Gasteiger partial charge in [-0.1, -0.05) is 12.1 Å². The summed E-state index contributed by atoms with van der Waals surface area (Å²) in [5, 5.41) is 9.96. The molecule has 0 saturated heterocycles. The van der Waals surface area contributed by atoms with E-state index in [1.54, 1.807) is 20.8 Å². The molecule has 0 heterocycles. The average Bonchev–Trinajstić information content (AvgIpc) is 2.58. The predicted octanol–water partition coefficient (Wildman–Crippen LogP) is 6.19. The lowest BCUT2D eigenvalue weighted by molar-refractivity contribution is -0.487. The van der Waals surface area contributed by atoms with Gasteiger partial charge in [-0.05, 0) is 38.5 Å². The van der Waals surface area contributed by atoms with Gasteiger partial charge in [0.25, 0.3) is 5.67 Å². The maximum absolute atomic E-state index is 14.8. The van der Waals surface area contributed by atoms with E-state index in [2.05, 4.69) is 0 Å². The Morgan fingerprint density at radius 2 is 1.19 bits per heavy atom. The van der Waals surface area contributed by atoms with Crippen molar-refractivity contribution in [1.82, 2.24) is 0 Å². The van der Waals surface area contributed by atoms with Crippen LogP contribution in [-0.2, 0) is 0 Å². The fourth-order valence-electron chi connectivity index (χ4n) is 3.07. The average molecular weight is 474 g/mol. The van der Waals surface area contributed by atoms with E-state index in [9.17, 15) is 53.4 Å². The van der Waals surface area contributed by atoms with Crippen molar-refractivity contribution in [3.05, 3.63) is 29.8 Å².